The van der Waals surface area contributed by atoms with Gasteiger partial charge < -0.3 is 11.1 Å². The molecule has 3 nitrogen and oxygen atoms in total. The van der Waals surface area contributed by atoms with Crippen molar-refractivity contribution >= 4 is 33.2 Å². The molecule has 6 heteroatoms. The summed E-state index contributed by atoms with van der Waals surface area (Å²) in [4.78, 5) is 11.8. The molecule has 0 aliphatic heterocycles. The molecule has 0 spiro atoms. The Morgan fingerprint density at radius 1 is 1.20 bits per heavy atom. The minimum Gasteiger partial charge on any atom is -0.397 e. The molecule has 1 amide bonds. The Labute approximate surface area is 122 Å². The topological polar surface area (TPSA) is 55.1 Å². The smallest absolute Gasteiger partial charge is 0.229 e. The summed E-state index contributed by atoms with van der Waals surface area (Å²) in [6.45, 7) is 0. The fourth-order valence-electron chi connectivity index (χ4n) is 1.70. The number of carbonyl (C=O) groups is 1. The summed E-state index contributed by atoms with van der Waals surface area (Å²) >= 11 is 3.24. The third kappa shape index (κ3) is 3.33. The second-order valence-electron chi connectivity index (χ2n) is 4.16. The first-order chi connectivity index (χ1) is 9.47. The number of hydrogen-bond acceptors (Lipinski definition) is 2. The number of halogens is 3. The van der Waals surface area contributed by atoms with Gasteiger partial charge in [-0.15, -0.1) is 0 Å². The first kappa shape index (κ1) is 14.5. The maximum absolute atomic E-state index is 13.4. The lowest BCUT2D eigenvalue weighted by atomic mass is 10.1. The van der Waals surface area contributed by atoms with Crippen molar-refractivity contribution in [2.45, 2.75) is 6.42 Å². The van der Waals surface area contributed by atoms with Crippen molar-refractivity contribution < 1.29 is 13.6 Å². The average Bonchev–Trinajstić information content (AvgIpc) is 2.37. The summed E-state index contributed by atoms with van der Waals surface area (Å²) in [6, 6.07) is 8.40. The Bertz CT molecular complexity index is 641. The van der Waals surface area contributed by atoms with E-state index in [2.05, 4.69) is 21.2 Å². The molecule has 0 heterocycles. The molecule has 3 N–H and O–H groups in total. The highest BCUT2D eigenvalue weighted by Gasteiger charge is 2.13. The second-order valence-corrected chi connectivity index (χ2v) is 5.07. The lowest BCUT2D eigenvalue weighted by Crippen LogP contribution is -2.17. The van der Waals surface area contributed by atoms with Gasteiger partial charge in [-0.05, 0) is 30.3 Å². The summed E-state index contributed by atoms with van der Waals surface area (Å²) in [5.74, 6) is -2.03. The number of amides is 1. The SMILES string of the molecule is Nc1cc(Br)ccc1NC(=O)Cc1c(F)cccc1F. The van der Waals surface area contributed by atoms with Crippen LogP contribution in [0.3, 0.4) is 0 Å². The largest absolute Gasteiger partial charge is 0.397 e. The molecule has 0 aliphatic carbocycles. The Kier molecular flexibility index (Phi) is 4.34. The van der Waals surface area contributed by atoms with Crippen LogP contribution in [0.5, 0.6) is 0 Å². The number of nitrogens with one attached hydrogen (secondary N) is 1. The van der Waals surface area contributed by atoms with Crippen molar-refractivity contribution in [1.82, 2.24) is 0 Å². The van der Waals surface area contributed by atoms with Gasteiger partial charge in [-0.3, -0.25) is 4.79 Å². The van der Waals surface area contributed by atoms with E-state index in [0.29, 0.717) is 11.4 Å². The maximum Gasteiger partial charge on any atom is 0.229 e. The quantitative estimate of drug-likeness (QED) is 0.840. The van der Waals surface area contributed by atoms with Crippen molar-refractivity contribution in [3.05, 3.63) is 58.1 Å². The highest BCUT2D eigenvalue weighted by atomic mass is 79.9. The number of anilines is 2. The van der Waals surface area contributed by atoms with Crippen molar-refractivity contribution in [1.29, 1.82) is 0 Å². The minimum absolute atomic E-state index is 0.263. The first-order valence-corrected chi connectivity index (χ1v) is 6.54. The van der Waals surface area contributed by atoms with Crippen molar-refractivity contribution in [2.75, 3.05) is 11.1 Å². The number of rotatable bonds is 3. The zero-order valence-corrected chi connectivity index (χ0v) is 11.9. The Morgan fingerprint density at radius 3 is 2.45 bits per heavy atom. The zero-order valence-electron chi connectivity index (χ0n) is 10.3. The molecule has 104 valence electrons. The van der Waals surface area contributed by atoms with Gasteiger partial charge in [0, 0.05) is 10.0 Å². The van der Waals surface area contributed by atoms with Gasteiger partial charge in [-0.2, -0.15) is 0 Å². The van der Waals surface area contributed by atoms with Gasteiger partial charge in [0.2, 0.25) is 5.91 Å². The molecule has 0 aliphatic rings. The van der Waals surface area contributed by atoms with E-state index in [1.165, 1.54) is 6.07 Å². The van der Waals surface area contributed by atoms with E-state index in [4.69, 9.17) is 5.73 Å². The molecular weight excluding hydrogens is 330 g/mol. The van der Waals surface area contributed by atoms with Gasteiger partial charge in [0.1, 0.15) is 11.6 Å². The lowest BCUT2D eigenvalue weighted by Gasteiger charge is -2.09. The Morgan fingerprint density at radius 2 is 1.85 bits per heavy atom. The average molecular weight is 341 g/mol. The Balaban J connectivity index is 2.13. The number of benzene rings is 2. The standard InChI is InChI=1S/C14H11BrF2N2O/c15-8-4-5-13(12(18)6-8)19-14(20)7-9-10(16)2-1-3-11(9)17/h1-6H,7,18H2,(H,19,20). The molecule has 2 rings (SSSR count). The van der Waals surface area contributed by atoms with Crippen LogP contribution in [0.25, 0.3) is 0 Å². The minimum atomic E-state index is -0.746. The van der Waals surface area contributed by atoms with Crippen LogP contribution in [-0.4, -0.2) is 5.91 Å². The van der Waals surface area contributed by atoms with E-state index in [9.17, 15) is 13.6 Å². The van der Waals surface area contributed by atoms with E-state index in [1.807, 2.05) is 0 Å². The molecule has 20 heavy (non-hydrogen) atoms. The van der Waals surface area contributed by atoms with Crippen LogP contribution in [0.2, 0.25) is 0 Å². The summed E-state index contributed by atoms with van der Waals surface area (Å²) in [6.07, 6.45) is -0.395. The number of nitrogens with two attached hydrogens (primary N) is 1. The predicted octanol–water partition coefficient (Wildman–Crippen LogP) is 3.49. The highest BCUT2D eigenvalue weighted by molar-refractivity contribution is 9.10. The van der Waals surface area contributed by atoms with Crippen LogP contribution in [0.15, 0.2) is 40.9 Å². The predicted molar refractivity (Wildman–Crippen MR) is 77.2 cm³/mol. The van der Waals surface area contributed by atoms with Gasteiger partial charge in [-0.1, -0.05) is 22.0 Å². The van der Waals surface area contributed by atoms with Crippen LogP contribution >= 0.6 is 15.9 Å². The van der Waals surface area contributed by atoms with Gasteiger partial charge in [0.15, 0.2) is 0 Å². The van der Waals surface area contributed by atoms with Crippen LogP contribution < -0.4 is 11.1 Å². The zero-order chi connectivity index (χ0) is 14.7. The summed E-state index contributed by atoms with van der Waals surface area (Å²) in [5.41, 5.74) is 6.23. The molecule has 0 radical (unpaired) electrons. The van der Waals surface area contributed by atoms with Gasteiger partial charge in [0.25, 0.3) is 0 Å². The van der Waals surface area contributed by atoms with Crippen LogP contribution in [0.1, 0.15) is 5.56 Å². The molecule has 0 aromatic heterocycles. The first-order valence-electron chi connectivity index (χ1n) is 5.75. The number of hydrogen-bond donors (Lipinski definition) is 2. The van der Waals surface area contributed by atoms with E-state index in [0.717, 1.165) is 16.6 Å². The third-order valence-electron chi connectivity index (χ3n) is 2.69. The highest BCUT2D eigenvalue weighted by Crippen LogP contribution is 2.23. The van der Waals surface area contributed by atoms with Crippen LogP contribution in [-0.2, 0) is 11.2 Å². The van der Waals surface area contributed by atoms with Crippen molar-refractivity contribution in [3.8, 4) is 0 Å². The fraction of sp³-hybridized carbons (Fsp3) is 0.0714. The lowest BCUT2D eigenvalue weighted by molar-refractivity contribution is -0.115. The molecule has 0 saturated carbocycles. The molecule has 0 unspecified atom stereocenters. The Hall–Kier alpha value is -1.95. The number of nitrogen functional groups attached to an aromatic ring is 1. The third-order valence-corrected chi connectivity index (χ3v) is 3.18. The van der Waals surface area contributed by atoms with E-state index < -0.39 is 24.0 Å². The van der Waals surface area contributed by atoms with E-state index >= 15 is 0 Å². The van der Waals surface area contributed by atoms with Gasteiger partial charge in [-0.25, -0.2) is 8.78 Å². The molecule has 0 saturated heterocycles. The molecule has 0 fully saturated rings. The van der Waals surface area contributed by atoms with Crippen LogP contribution in [0.4, 0.5) is 20.2 Å². The second kappa shape index (κ2) is 6.00. The molecule has 2 aromatic rings. The molecule has 0 atom stereocenters. The summed E-state index contributed by atoms with van der Waals surface area (Å²) in [5, 5.41) is 2.52. The monoisotopic (exact) mass is 340 g/mol. The van der Waals surface area contributed by atoms with Crippen molar-refractivity contribution in [3.63, 3.8) is 0 Å². The van der Waals surface area contributed by atoms with E-state index in [1.54, 1.807) is 18.2 Å². The van der Waals surface area contributed by atoms with Crippen LogP contribution in [0, 0.1) is 11.6 Å². The summed E-state index contributed by atoms with van der Waals surface area (Å²) in [7, 11) is 0. The van der Waals surface area contributed by atoms with Crippen molar-refractivity contribution in [2.24, 2.45) is 0 Å². The van der Waals surface area contributed by atoms with Gasteiger partial charge in [0.05, 0.1) is 17.8 Å². The molecular formula is C14H11BrF2N2O. The van der Waals surface area contributed by atoms with Gasteiger partial charge >= 0.3 is 0 Å². The normalized spacial score (nSPS) is 10.3. The maximum atomic E-state index is 13.4. The molecule has 2 aromatic carbocycles. The van der Waals surface area contributed by atoms with E-state index in [-0.39, 0.29) is 5.56 Å². The fourth-order valence-corrected chi connectivity index (χ4v) is 2.08. The number of carbonyl (C=O) groups excluding carboxylic acids is 1. The molecule has 0 bridgehead atoms. The summed E-state index contributed by atoms with van der Waals surface area (Å²) < 4.78 is 27.6.